The highest BCUT2D eigenvalue weighted by Crippen LogP contribution is 2.20. The fraction of sp³-hybridized carbons (Fsp3) is 0.629. The average Bonchev–Trinajstić information content (AvgIpc) is 3.95. The zero-order chi connectivity index (χ0) is 43.1. The van der Waals surface area contributed by atoms with Crippen LogP contribution in [0.4, 0.5) is 0 Å². The minimum absolute atomic E-state index is 0.0177. The number of carbonyl (C=O) groups is 10. The van der Waals surface area contributed by atoms with Crippen LogP contribution < -0.4 is 37.6 Å². The van der Waals surface area contributed by atoms with Gasteiger partial charge in [-0.25, -0.2) is 9.78 Å². The van der Waals surface area contributed by atoms with E-state index in [1.54, 1.807) is 13.8 Å². The summed E-state index contributed by atoms with van der Waals surface area (Å²) in [4.78, 5) is 136. The van der Waals surface area contributed by atoms with Crippen LogP contribution in [0.2, 0.25) is 0 Å². The summed E-state index contributed by atoms with van der Waals surface area (Å²) in [5.74, 6) is -10.9. The van der Waals surface area contributed by atoms with Crippen molar-refractivity contribution in [2.24, 2.45) is 11.7 Å². The number of carboxylic acid groups (broad SMARTS) is 3. The second-order valence-corrected chi connectivity index (χ2v) is 14.6. The summed E-state index contributed by atoms with van der Waals surface area (Å²) in [5.41, 5.74) is 5.67. The van der Waals surface area contributed by atoms with Crippen molar-refractivity contribution in [3.8, 4) is 0 Å². The normalized spacial score (nSPS) is 18.8. The largest absolute Gasteiger partial charge is 0.481 e. The summed E-state index contributed by atoms with van der Waals surface area (Å²) >= 11 is 0. The maximum atomic E-state index is 13.9. The van der Waals surface area contributed by atoms with Crippen molar-refractivity contribution < 1.29 is 63.3 Å². The number of hydrogen-bond acceptors (Lipinski definition) is 12. The van der Waals surface area contributed by atoms with Gasteiger partial charge in [-0.05, 0) is 51.0 Å². The zero-order valence-electron chi connectivity index (χ0n) is 32.2. The summed E-state index contributed by atoms with van der Waals surface area (Å²) < 4.78 is 0. The van der Waals surface area contributed by atoms with Crippen molar-refractivity contribution >= 4 is 59.3 Å². The molecule has 7 amide bonds. The number of amides is 7. The summed E-state index contributed by atoms with van der Waals surface area (Å²) in [6, 6.07) is -9.72. The number of aromatic nitrogens is 2. The monoisotopic (exact) mass is 820 g/mol. The third-order valence-electron chi connectivity index (χ3n) is 9.47. The predicted octanol–water partition coefficient (Wildman–Crippen LogP) is -3.54. The number of nitrogens with zero attached hydrogens (tertiary/aromatic N) is 2. The standard InChI is InChI=1S/C35H52N10O13/c1-17(2)11-21(31(53)44-24(14-28(49)50)34(56)45-10-4-6-25(45)35(57)58)41-30(52)20(7-8-26(36)46)40-32(54)22(12-18-15-37-16-39-18)42-33(55)23(13-27(47)48)43-29(51)19-5-3-9-38-19/h15-17,19-25,38H,3-14H2,1-2H3,(H2,36,46)(H,37,39)(H,40,54)(H,41,52)(H,42,55)(H,43,51)(H,44,53)(H,47,48)(H,49,50)(H,57,58)/t19-,20-,21-,22-,23-,24-,25-/m0/s1. The van der Waals surface area contributed by atoms with Crippen LogP contribution in [0, 0.1) is 5.92 Å². The van der Waals surface area contributed by atoms with E-state index in [0.717, 1.165) is 4.90 Å². The lowest BCUT2D eigenvalue weighted by Crippen LogP contribution is -2.60. The Morgan fingerprint density at radius 2 is 1.38 bits per heavy atom. The van der Waals surface area contributed by atoms with E-state index in [0.29, 0.717) is 31.5 Å². The van der Waals surface area contributed by atoms with Crippen LogP contribution in [-0.2, 0) is 54.4 Å². The van der Waals surface area contributed by atoms with Gasteiger partial charge in [-0.3, -0.25) is 43.2 Å². The molecule has 2 saturated heterocycles. The molecule has 2 aliphatic rings. The molecule has 1 aromatic rings. The van der Waals surface area contributed by atoms with Gasteiger partial charge in [0.15, 0.2) is 0 Å². The molecule has 0 aliphatic carbocycles. The van der Waals surface area contributed by atoms with Crippen LogP contribution in [0.5, 0.6) is 0 Å². The number of carbonyl (C=O) groups excluding carboxylic acids is 7. The fourth-order valence-electron chi connectivity index (χ4n) is 6.60. The minimum atomic E-state index is -1.70. The number of hydrogen-bond donors (Lipinski definition) is 11. The zero-order valence-corrected chi connectivity index (χ0v) is 32.2. The van der Waals surface area contributed by atoms with Crippen LogP contribution in [-0.4, -0.2) is 145 Å². The molecule has 0 aromatic carbocycles. The third kappa shape index (κ3) is 14.4. The highest BCUT2D eigenvalue weighted by molar-refractivity contribution is 5.98. The molecular weight excluding hydrogens is 768 g/mol. The van der Waals surface area contributed by atoms with Crippen LogP contribution >= 0.6 is 0 Å². The topological polar surface area (TPSA) is 362 Å². The maximum Gasteiger partial charge on any atom is 0.326 e. The van der Waals surface area contributed by atoms with E-state index in [-0.39, 0.29) is 31.7 Å². The maximum absolute atomic E-state index is 13.9. The molecule has 2 fully saturated rings. The van der Waals surface area contributed by atoms with E-state index in [1.165, 1.54) is 12.5 Å². The SMILES string of the molecule is CC(C)C[C@H](NC(=O)[C@H](CCC(N)=O)NC(=O)[C@H](Cc1cnc[nH]1)NC(=O)[C@H](CC(=O)O)NC(=O)[C@@H]1CCCN1)C(=O)N[C@@H](CC(=O)O)C(=O)N1CCC[C@H]1C(=O)O. The number of aromatic amines is 1. The van der Waals surface area contributed by atoms with Gasteiger partial charge in [0.25, 0.3) is 0 Å². The number of carboxylic acids is 3. The van der Waals surface area contributed by atoms with E-state index in [1.807, 2.05) is 0 Å². The Hall–Kier alpha value is -6.13. The van der Waals surface area contributed by atoms with Crippen molar-refractivity contribution in [1.29, 1.82) is 0 Å². The molecule has 0 saturated carbocycles. The minimum Gasteiger partial charge on any atom is -0.481 e. The number of aliphatic carboxylic acids is 3. The molecule has 23 nitrogen and oxygen atoms in total. The molecule has 23 heteroatoms. The molecule has 2 aliphatic heterocycles. The van der Waals surface area contributed by atoms with Crippen LogP contribution in [0.25, 0.3) is 0 Å². The summed E-state index contributed by atoms with van der Waals surface area (Å²) in [6.45, 7) is 3.97. The lowest BCUT2D eigenvalue weighted by Gasteiger charge is -2.29. The first kappa shape index (κ1) is 46.3. The van der Waals surface area contributed by atoms with Gasteiger partial charge in [0, 0.05) is 31.3 Å². The smallest absolute Gasteiger partial charge is 0.326 e. The summed E-state index contributed by atoms with van der Waals surface area (Å²) in [5, 5.41) is 43.6. The first-order chi connectivity index (χ1) is 27.4. The first-order valence-corrected chi connectivity index (χ1v) is 18.8. The molecule has 0 radical (unpaired) electrons. The number of nitrogens with one attached hydrogen (secondary N) is 7. The lowest BCUT2D eigenvalue weighted by atomic mass is 10.0. The van der Waals surface area contributed by atoms with Gasteiger partial charge in [0.05, 0.1) is 25.2 Å². The molecule has 7 atom stereocenters. The van der Waals surface area contributed by atoms with Crippen LogP contribution in [0.15, 0.2) is 12.5 Å². The van der Waals surface area contributed by atoms with Crippen molar-refractivity contribution in [3.05, 3.63) is 18.2 Å². The highest BCUT2D eigenvalue weighted by Gasteiger charge is 2.40. The van der Waals surface area contributed by atoms with Crippen molar-refractivity contribution in [2.45, 2.75) is 120 Å². The Kier molecular flexibility index (Phi) is 17.5. The first-order valence-electron chi connectivity index (χ1n) is 18.8. The van der Waals surface area contributed by atoms with E-state index in [9.17, 15) is 63.3 Å². The second-order valence-electron chi connectivity index (χ2n) is 14.6. The quantitative estimate of drug-likeness (QED) is 0.0510. The molecule has 1 aromatic heterocycles. The number of imidazole rings is 1. The molecule has 58 heavy (non-hydrogen) atoms. The van der Waals surface area contributed by atoms with E-state index in [2.05, 4.69) is 41.9 Å². The Labute approximate surface area is 332 Å². The molecule has 0 unspecified atom stereocenters. The number of H-pyrrole nitrogens is 1. The Morgan fingerprint density at radius 1 is 0.793 bits per heavy atom. The number of likely N-dealkylation sites (tertiary alicyclic amines) is 1. The molecule has 3 rings (SSSR count). The Bertz CT molecular complexity index is 1680. The van der Waals surface area contributed by atoms with E-state index >= 15 is 0 Å². The summed E-state index contributed by atoms with van der Waals surface area (Å²) in [6.07, 6.45) is 1.36. The second kappa shape index (κ2) is 22.0. The van der Waals surface area contributed by atoms with Gasteiger partial charge in [0.1, 0.15) is 36.3 Å². The van der Waals surface area contributed by atoms with Gasteiger partial charge >= 0.3 is 17.9 Å². The third-order valence-corrected chi connectivity index (χ3v) is 9.47. The number of primary amides is 1. The van der Waals surface area contributed by atoms with E-state index < -0.39 is 127 Å². The fourth-order valence-corrected chi connectivity index (χ4v) is 6.60. The number of rotatable bonds is 23. The Balaban J connectivity index is 1.85. The molecule has 0 spiro atoms. The van der Waals surface area contributed by atoms with Gasteiger partial charge < -0.3 is 62.8 Å². The van der Waals surface area contributed by atoms with Crippen LogP contribution in [0.3, 0.4) is 0 Å². The van der Waals surface area contributed by atoms with Gasteiger partial charge in [-0.1, -0.05) is 13.8 Å². The number of nitrogens with two attached hydrogens (primary N) is 1. The van der Waals surface area contributed by atoms with Crippen molar-refractivity contribution in [1.82, 2.24) is 46.8 Å². The highest BCUT2D eigenvalue weighted by atomic mass is 16.4. The van der Waals surface area contributed by atoms with Crippen molar-refractivity contribution in [3.63, 3.8) is 0 Å². The molecule has 0 bridgehead atoms. The average molecular weight is 821 g/mol. The lowest BCUT2D eigenvalue weighted by molar-refractivity contribution is -0.150. The molecule has 3 heterocycles. The summed E-state index contributed by atoms with van der Waals surface area (Å²) in [7, 11) is 0. The molecule has 320 valence electrons. The Morgan fingerprint density at radius 3 is 1.95 bits per heavy atom. The van der Waals surface area contributed by atoms with Crippen molar-refractivity contribution in [2.75, 3.05) is 13.1 Å². The van der Waals surface area contributed by atoms with Crippen LogP contribution in [0.1, 0.15) is 77.3 Å². The molecular formula is C35H52N10O13. The molecule has 12 N–H and O–H groups in total. The van der Waals surface area contributed by atoms with Gasteiger partial charge in [-0.2, -0.15) is 0 Å². The van der Waals surface area contributed by atoms with E-state index in [4.69, 9.17) is 5.73 Å². The van der Waals surface area contributed by atoms with Gasteiger partial charge in [-0.15, -0.1) is 0 Å². The predicted molar refractivity (Wildman–Crippen MR) is 198 cm³/mol. The van der Waals surface area contributed by atoms with Gasteiger partial charge in [0.2, 0.25) is 41.4 Å².